The molecular weight excluding hydrogens is 511 g/mol. The van der Waals surface area contributed by atoms with E-state index in [1.54, 1.807) is 12.1 Å². The number of allylic oxidation sites excluding steroid dienone is 3. The van der Waals surface area contributed by atoms with Crippen molar-refractivity contribution in [2.24, 2.45) is 0 Å². The van der Waals surface area contributed by atoms with Crippen molar-refractivity contribution in [2.75, 3.05) is 19.8 Å². The van der Waals surface area contributed by atoms with Gasteiger partial charge in [-0.3, -0.25) is 4.79 Å². The van der Waals surface area contributed by atoms with Crippen LogP contribution in [0.4, 0.5) is 4.39 Å². The molecule has 2 aliphatic heterocycles. The van der Waals surface area contributed by atoms with E-state index in [1.165, 1.54) is 6.08 Å². The summed E-state index contributed by atoms with van der Waals surface area (Å²) in [4.78, 5) is 11.1. The monoisotopic (exact) mass is 548 g/mol. The minimum Gasteiger partial charge on any atom is -0.492 e. The van der Waals surface area contributed by atoms with Crippen LogP contribution in [-0.4, -0.2) is 43.1 Å². The molecule has 40 heavy (non-hydrogen) atoms. The van der Waals surface area contributed by atoms with Crippen molar-refractivity contribution in [3.05, 3.63) is 82.7 Å². The molecule has 212 valence electrons. The molecule has 0 aromatic heterocycles. The Morgan fingerprint density at radius 3 is 2.62 bits per heavy atom. The molecule has 2 aromatic rings. The maximum absolute atomic E-state index is 15.3. The second-order valence-electron chi connectivity index (χ2n) is 10.9. The summed E-state index contributed by atoms with van der Waals surface area (Å²) >= 11 is 0. The molecule has 2 aromatic carbocycles. The van der Waals surface area contributed by atoms with Crippen LogP contribution in [0.5, 0.6) is 17.2 Å². The molecule has 1 saturated heterocycles. The molecule has 7 heteroatoms. The molecule has 0 saturated carbocycles. The van der Waals surface area contributed by atoms with E-state index in [1.807, 2.05) is 24.3 Å². The Balaban J connectivity index is 1.27. The van der Waals surface area contributed by atoms with Gasteiger partial charge in [-0.2, -0.15) is 0 Å². The van der Waals surface area contributed by atoms with E-state index in [-0.39, 0.29) is 18.4 Å². The molecule has 1 fully saturated rings. The summed E-state index contributed by atoms with van der Waals surface area (Å²) in [5, 5.41) is 9.14. The Kier molecular flexibility index (Phi) is 8.60. The van der Waals surface area contributed by atoms with Gasteiger partial charge in [-0.25, -0.2) is 4.39 Å². The number of carbonyl (C=O) groups is 1. The maximum Gasteiger partial charge on any atom is 0.304 e. The fourth-order valence-corrected chi connectivity index (χ4v) is 5.86. The molecule has 5 rings (SSSR count). The lowest BCUT2D eigenvalue weighted by Crippen LogP contribution is -2.19. The van der Waals surface area contributed by atoms with Crippen LogP contribution in [0.1, 0.15) is 66.7 Å². The van der Waals surface area contributed by atoms with E-state index in [2.05, 4.69) is 20.4 Å². The Morgan fingerprint density at radius 1 is 1.10 bits per heavy atom. The van der Waals surface area contributed by atoms with Gasteiger partial charge in [-0.15, -0.1) is 0 Å². The van der Waals surface area contributed by atoms with E-state index in [4.69, 9.17) is 24.1 Å². The Labute approximate surface area is 235 Å². The highest BCUT2D eigenvalue weighted by Crippen LogP contribution is 2.39. The Morgan fingerprint density at radius 2 is 1.90 bits per heavy atom. The van der Waals surface area contributed by atoms with E-state index in [0.717, 1.165) is 65.9 Å². The first-order chi connectivity index (χ1) is 19.3. The third-order valence-corrected chi connectivity index (χ3v) is 7.89. The molecule has 3 atom stereocenters. The normalized spacial score (nSPS) is 25.4. The standard InChI is InChI=1S/C33H37FO6/c1-20-14-27(38-19-26-7-5-13-37-26)15-21(2)33(20)23-6-4-8-30(22(3)29(34)12-9-23)40-25-10-11-28-24(16-32(35)36)18-39-31(28)17-25/h9-12,14-15,17,24,26,30H,3-8,13,16,18-19H2,1-2H3,(H,35,36)/b23-9+,29-12+/t24-,26?,30-/m1/s1. The average molecular weight is 549 g/mol. The highest BCUT2D eigenvalue weighted by molar-refractivity contribution is 5.73. The van der Waals surface area contributed by atoms with E-state index in [0.29, 0.717) is 36.7 Å². The molecule has 1 unspecified atom stereocenters. The topological polar surface area (TPSA) is 74.2 Å². The van der Waals surface area contributed by atoms with Gasteiger partial charge in [0, 0.05) is 29.7 Å². The Hall–Kier alpha value is -3.58. The van der Waals surface area contributed by atoms with E-state index < -0.39 is 17.9 Å². The molecule has 0 spiro atoms. The number of ether oxygens (including phenoxy) is 4. The fourth-order valence-electron chi connectivity index (χ4n) is 5.86. The summed E-state index contributed by atoms with van der Waals surface area (Å²) in [6.45, 7) is 9.83. The van der Waals surface area contributed by atoms with Crippen molar-refractivity contribution < 1.29 is 33.2 Å². The smallest absolute Gasteiger partial charge is 0.304 e. The van der Waals surface area contributed by atoms with Crippen LogP contribution < -0.4 is 14.2 Å². The molecule has 6 nitrogen and oxygen atoms in total. The largest absolute Gasteiger partial charge is 0.492 e. The molecule has 0 amide bonds. The summed E-state index contributed by atoms with van der Waals surface area (Å²) in [6, 6.07) is 9.49. The number of fused-ring (bicyclic) bond motifs is 1. The SMILES string of the molecule is C=C1/C(F)=C\C=C(\c2c(C)cc(OCC3CCCO3)cc2C)CCC[C@H]1Oc1ccc2c(c1)OC[C@H]2CC(=O)O. The van der Waals surface area contributed by atoms with Crippen molar-refractivity contribution in [3.8, 4) is 17.2 Å². The summed E-state index contributed by atoms with van der Waals surface area (Å²) in [7, 11) is 0. The first-order valence-electron chi connectivity index (χ1n) is 14.0. The highest BCUT2D eigenvalue weighted by Gasteiger charge is 2.28. The van der Waals surface area contributed by atoms with Gasteiger partial charge in [0.2, 0.25) is 0 Å². The number of carboxylic acid groups (broad SMARTS) is 1. The van der Waals surface area contributed by atoms with Crippen LogP contribution in [0.3, 0.4) is 0 Å². The Bertz CT molecular complexity index is 1310. The quantitative estimate of drug-likeness (QED) is 0.375. The molecular formula is C33H37FO6. The summed E-state index contributed by atoms with van der Waals surface area (Å²) in [5.74, 6) is 0.547. The predicted octanol–water partition coefficient (Wildman–Crippen LogP) is 7.24. The second-order valence-corrected chi connectivity index (χ2v) is 10.9. The number of hydrogen-bond acceptors (Lipinski definition) is 5. The van der Waals surface area contributed by atoms with Crippen LogP contribution in [0.15, 0.2) is 60.5 Å². The number of benzene rings is 2. The number of carboxylic acids is 1. The van der Waals surface area contributed by atoms with Crippen molar-refractivity contribution in [2.45, 2.75) is 70.5 Å². The summed E-state index contributed by atoms with van der Waals surface area (Å²) in [6.07, 6.45) is 7.25. The number of halogens is 1. The summed E-state index contributed by atoms with van der Waals surface area (Å²) < 4.78 is 38.9. The van der Waals surface area contributed by atoms with Crippen LogP contribution in [0, 0.1) is 13.8 Å². The van der Waals surface area contributed by atoms with Crippen LogP contribution in [0.2, 0.25) is 0 Å². The zero-order valence-electron chi connectivity index (χ0n) is 23.2. The van der Waals surface area contributed by atoms with Gasteiger partial charge in [0.15, 0.2) is 0 Å². The highest BCUT2D eigenvalue weighted by atomic mass is 19.1. The molecule has 1 N–H and O–H groups in total. The minimum absolute atomic E-state index is 0.0160. The van der Waals surface area contributed by atoms with Crippen molar-refractivity contribution >= 4 is 11.5 Å². The van der Waals surface area contributed by atoms with Gasteiger partial charge in [0.25, 0.3) is 0 Å². The van der Waals surface area contributed by atoms with E-state index in [9.17, 15) is 4.79 Å². The molecule has 1 aliphatic carbocycles. The third-order valence-electron chi connectivity index (χ3n) is 7.89. The lowest BCUT2D eigenvalue weighted by Gasteiger charge is -2.21. The predicted molar refractivity (Wildman–Crippen MR) is 152 cm³/mol. The van der Waals surface area contributed by atoms with Gasteiger partial charge in [0.1, 0.15) is 35.8 Å². The number of aryl methyl sites for hydroxylation is 2. The van der Waals surface area contributed by atoms with E-state index >= 15 is 4.39 Å². The second kappa shape index (κ2) is 12.3. The van der Waals surface area contributed by atoms with Crippen molar-refractivity contribution in [3.63, 3.8) is 0 Å². The van der Waals surface area contributed by atoms with Crippen LogP contribution >= 0.6 is 0 Å². The van der Waals surface area contributed by atoms with Gasteiger partial charge in [-0.1, -0.05) is 18.7 Å². The van der Waals surface area contributed by atoms with Gasteiger partial charge in [-0.05, 0) is 92.5 Å². The first kappa shape index (κ1) is 28.0. The van der Waals surface area contributed by atoms with Gasteiger partial charge < -0.3 is 24.1 Å². The van der Waals surface area contributed by atoms with Crippen molar-refractivity contribution in [1.29, 1.82) is 0 Å². The minimum atomic E-state index is -0.858. The lowest BCUT2D eigenvalue weighted by molar-refractivity contribution is -0.137. The number of rotatable bonds is 8. The number of aliphatic carboxylic acids is 1. The zero-order valence-corrected chi connectivity index (χ0v) is 23.2. The molecule has 0 radical (unpaired) electrons. The van der Waals surface area contributed by atoms with Crippen LogP contribution in [0.25, 0.3) is 5.57 Å². The van der Waals surface area contributed by atoms with Crippen molar-refractivity contribution in [1.82, 2.24) is 0 Å². The fraction of sp³-hybridized carbons (Fsp3) is 0.424. The maximum atomic E-state index is 15.3. The molecule has 3 aliphatic rings. The van der Waals surface area contributed by atoms with Gasteiger partial charge >= 0.3 is 5.97 Å². The number of hydrogen-bond donors (Lipinski definition) is 1. The lowest BCUT2D eigenvalue weighted by atomic mass is 9.91. The van der Waals surface area contributed by atoms with Gasteiger partial charge in [0.05, 0.1) is 19.1 Å². The van der Waals surface area contributed by atoms with Crippen LogP contribution in [-0.2, 0) is 9.53 Å². The first-order valence-corrected chi connectivity index (χ1v) is 14.0. The zero-order chi connectivity index (χ0) is 28.2. The molecule has 2 heterocycles. The average Bonchev–Trinajstić information content (AvgIpc) is 3.58. The third kappa shape index (κ3) is 6.41. The molecule has 0 bridgehead atoms. The summed E-state index contributed by atoms with van der Waals surface area (Å²) in [5.41, 5.74) is 5.52.